The van der Waals surface area contributed by atoms with Crippen LogP contribution < -0.4 is 0 Å². The monoisotopic (exact) mass is 152 g/mol. The van der Waals surface area contributed by atoms with Crippen molar-refractivity contribution in [2.24, 2.45) is 0 Å². The lowest BCUT2D eigenvalue weighted by Gasteiger charge is -2.00. The molecule has 0 radical (unpaired) electrons. The van der Waals surface area contributed by atoms with Crippen molar-refractivity contribution in [3.05, 3.63) is 12.2 Å². The van der Waals surface area contributed by atoms with Crippen LogP contribution in [0.5, 0.6) is 0 Å². The van der Waals surface area contributed by atoms with Crippen LogP contribution in [0.2, 0.25) is 0 Å². The lowest BCUT2D eigenvalue weighted by Crippen LogP contribution is -2.21. The molecule has 0 atom stereocenters. The molecule has 0 aliphatic carbocycles. The van der Waals surface area contributed by atoms with Gasteiger partial charge >= 0.3 is 6.18 Å². The van der Waals surface area contributed by atoms with E-state index in [1.807, 2.05) is 0 Å². The fraction of sp³-hybridized carbons (Fsp3) is 0.500. The Hall–Kier alpha value is -0.800. The molecule has 0 aliphatic rings. The number of Topliss-reactive ketones (excluding diaryl/α,β-unsaturated/α-hetero) is 1. The molecule has 4 heteroatoms. The van der Waals surface area contributed by atoms with E-state index in [2.05, 4.69) is 0 Å². The lowest BCUT2D eigenvalue weighted by molar-refractivity contribution is -0.170. The highest BCUT2D eigenvalue weighted by atomic mass is 19.4. The molecule has 58 valence electrons. The zero-order chi connectivity index (χ0) is 8.20. The number of halogens is 3. The minimum absolute atomic E-state index is 0.556. The summed E-state index contributed by atoms with van der Waals surface area (Å²) in [6.45, 7) is 1.56. The second-order valence-corrected chi connectivity index (χ2v) is 1.69. The van der Waals surface area contributed by atoms with E-state index in [-0.39, 0.29) is 0 Å². The molecule has 0 aromatic carbocycles. The number of hydrogen-bond acceptors (Lipinski definition) is 1. The molecule has 10 heavy (non-hydrogen) atoms. The zero-order valence-electron chi connectivity index (χ0n) is 5.40. The number of rotatable bonds is 2. The number of alkyl halides is 3. The Balaban J connectivity index is 3.86. The Bertz CT molecular complexity index is 146. The van der Waals surface area contributed by atoms with Crippen LogP contribution >= 0.6 is 0 Å². The van der Waals surface area contributed by atoms with E-state index >= 15 is 0 Å². The molecule has 0 unspecified atom stereocenters. The summed E-state index contributed by atoms with van der Waals surface area (Å²) in [6, 6.07) is 0. The molecule has 0 rings (SSSR count). The van der Waals surface area contributed by atoms with Crippen molar-refractivity contribution in [1.29, 1.82) is 0 Å². The Labute approximate surface area is 56.5 Å². The van der Waals surface area contributed by atoms with E-state index in [4.69, 9.17) is 0 Å². The molecule has 0 heterocycles. The summed E-state index contributed by atoms with van der Waals surface area (Å²) >= 11 is 0. The van der Waals surface area contributed by atoms with E-state index in [0.717, 1.165) is 0 Å². The average Bonchev–Trinajstić information content (AvgIpc) is 1.80. The highest BCUT2D eigenvalue weighted by molar-refractivity contribution is 5.85. The smallest absolute Gasteiger partial charge is 0.289 e. The summed E-state index contributed by atoms with van der Waals surface area (Å²) in [4.78, 5) is 10.0. The summed E-state index contributed by atoms with van der Waals surface area (Å²) < 4.78 is 34.2. The Morgan fingerprint density at radius 2 is 2.00 bits per heavy atom. The molecule has 1 nitrogen and oxygen atoms in total. The molecule has 0 amide bonds. The van der Waals surface area contributed by atoms with Crippen LogP contribution in [0.15, 0.2) is 12.2 Å². The molecular weight excluding hydrogens is 145 g/mol. The highest BCUT2D eigenvalue weighted by Crippen LogP contribution is 2.17. The van der Waals surface area contributed by atoms with Crippen LogP contribution in [0, 0.1) is 0 Å². The van der Waals surface area contributed by atoms with E-state index in [1.165, 1.54) is 12.2 Å². The van der Waals surface area contributed by atoms with Crippen LogP contribution in [0.3, 0.4) is 0 Å². The Kier molecular flexibility index (Phi) is 3.12. The lowest BCUT2D eigenvalue weighted by atomic mass is 10.2. The third-order valence-electron chi connectivity index (χ3n) is 0.855. The summed E-state index contributed by atoms with van der Waals surface area (Å²) in [5, 5.41) is 0. The van der Waals surface area contributed by atoms with Gasteiger partial charge in [0.25, 0.3) is 0 Å². The SMILES string of the molecule is CC=CCC(=O)C(F)(F)F. The first-order valence-electron chi connectivity index (χ1n) is 2.69. The minimum Gasteiger partial charge on any atom is -0.289 e. The van der Waals surface area contributed by atoms with Crippen molar-refractivity contribution in [3.8, 4) is 0 Å². The van der Waals surface area contributed by atoms with Crippen molar-refractivity contribution in [3.63, 3.8) is 0 Å². The first-order valence-corrected chi connectivity index (χ1v) is 2.69. The van der Waals surface area contributed by atoms with E-state index < -0.39 is 18.4 Å². The molecule has 0 fully saturated rings. The summed E-state index contributed by atoms with van der Waals surface area (Å²) in [5.74, 6) is -1.70. The predicted molar refractivity (Wildman–Crippen MR) is 30.5 cm³/mol. The topological polar surface area (TPSA) is 17.1 Å². The number of hydrogen-bond donors (Lipinski definition) is 0. The molecule has 0 saturated carbocycles. The average molecular weight is 152 g/mol. The van der Waals surface area contributed by atoms with Crippen LogP contribution in [0.4, 0.5) is 13.2 Å². The summed E-state index contributed by atoms with van der Waals surface area (Å²) in [5.41, 5.74) is 0. The number of carbonyl (C=O) groups excluding carboxylic acids is 1. The van der Waals surface area contributed by atoms with Crippen molar-refractivity contribution >= 4 is 5.78 Å². The molecule has 0 bridgehead atoms. The quantitative estimate of drug-likeness (QED) is 0.553. The van der Waals surface area contributed by atoms with Gasteiger partial charge < -0.3 is 0 Å². The van der Waals surface area contributed by atoms with Crippen LogP contribution in [0.1, 0.15) is 13.3 Å². The summed E-state index contributed by atoms with van der Waals surface area (Å²) in [7, 11) is 0. The van der Waals surface area contributed by atoms with Gasteiger partial charge in [-0.05, 0) is 6.92 Å². The van der Waals surface area contributed by atoms with E-state index in [9.17, 15) is 18.0 Å². The van der Waals surface area contributed by atoms with Gasteiger partial charge in [-0.15, -0.1) is 0 Å². The van der Waals surface area contributed by atoms with Gasteiger partial charge in [0.1, 0.15) is 0 Å². The van der Waals surface area contributed by atoms with Crippen molar-refractivity contribution in [2.75, 3.05) is 0 Å². The first kappa shape index (κ1) is 9.20. The number of carbonyl (C=O) groups is 1. The minimum atomic E-state index is -4.68. The largest absolute Gasteiger partial charge is 0.450 e. The van der Waals surface area contributed by atoms with Crippen molar-refractivity contribution in [2.45, 2.75) is 19.5 Å². The van der Waals surface area contributed by atoms with Crippen LogP contribution in [-0.2, 0) is 4.79 Å². The maximum absolute atomic E-state index is 11.4. The summed E-state index contributed by atoms with van der Waals surface area (Å²) in [6.07, 6.45) is -2.65. The fourth-order valence-corrected chi connectivity index (χ4v) is 0.341. The highest BCUT2D eigenvalue weighted by Gasteiger charge is 2.36. The van der Waals surface area contributed by atoms with Crippen molar-refractivity contribution in [1.82, 2.24) is 0 Å². The van der Waals surface area contributed by atoms with E-state index in [0.29, 0.717) is 0 Å². The molecular formula is C6H7F3O. The van der Waals surface area contributed by atoms with E-state index in [1.54, 1.807) is 6.92 Å². The van der Waals surface area contributed by atoms with Gasteiger partial charge in [-0.3, -0.25) is 4.79 Å². The molecule has 0 aromatic heterocycles. The second-order valence-electron chi connectivity index (χ2n) is 1.69. The van der Waals surface area contributed by atoms with Gasteiger partial charge in [0.05, 0.1) is 0 Å². The van der Waals surface area contributed by atoms with Crippen molar-refractivity contribution < 1.29 is 18.0 Å². The molecule has 0 aromatic rings. The first-order chi connectivity index (χ1) is 4.48. The second kappa shape index (κ2) is 3.39. The zero-order valence-corrected chi connectivity index (χ0v) is 5.40. The number of allylic oxidation sites excluding steroid dienone is 2. The third-order valence-corrected chi connectivity index (χ3v) is 0.855. The molecule has 0 aliphatic heterocycles. The van der Waals surface area contributed by atoms with Gasteiger partial charge in [0.2, 0.25) is 5.78 Å². The molecule has 0 saturated heterocycles. The van der Waals surface area contributed by atoms with Crippen LogP contribution in [-0.4, -0.2) is 12.0 Å². The van der Waals surface area contributed by atoms with Gasteiger partial charge in [0, 0.05) is 6.42 Å². The van der Waals surface area contributed by atoms with Crippen LogP contribution in [0.25, 0.3) is 0 Å². The number of ketones is 1. The molecule has 0 N–H and O–H groups in total. The standard InChI is InChI=1S/C6H7F3O/c1-2-3-4-5(10)6(7,8)9/h2-3H,4H2,1H3. The maximum Gasteiger partial charge on any atom is 0.450 e. The third kappa shape index (κ3) is 3.27. The predicted octanol–water partition coefficient (Wildman–Crippen LogP) is 2.08. The molecule has 0 spiro atoms. The van der Waals surface area contributed by atoms with Gasteiger partial charge in [-0.2, -0.15) is 13.2 Å². The van der Waals surface area contributed by atoms with Gasteiger partial charge in [0.15, 0.2) is 0 Å². The maximum atomic E-state index is 11.4. The van der Waals surface area contributed by atoms with Gasteiger partial charge in [-0.1, -0.05) is 12.2 Å². The Morgan fingerprint density at radius 1 is 1.50 bits per heavy atom. The fourth-order valence-electron chi connectivity index (χ4n) is 0.341. The normalized spacial score (nSPS) is 12.4. The van der Waals surface area contributed by atoms with Gasteiger partial charge in [-0.25, -0.2) is 0 Å². The Morgan fingerprint density at radius 3 is 2.30 bits per heavy atom.